The van der Waals surface area contributed by atoms with Crippen molar-refractivity contribution in [3.63, 3.8) is 0 Å². The number of aromatic nitrogens is 1. The molecule has 15 heavy (non-hydrogen) atoms. The number of rotatable bonds is 3. The van der Waals surface area contributed by atoms with Crippen LogP contribution in [0.2, 0.25) is 0 Å². The Labute approximate surface area is 89.6 Å². The van der Waals surface area contributed by atoms with Crippen LogP contribution in [0.1, 0.15) is 12.5 Å². The molecule has 0 saturated heterocycles. The van der Waals surface area contributed by atoms with Gasteiger partial charge in [0.2, 0.25) is 0 Å². The van der Waals surface area contributed by atoms with Crippen LogP contribution >= 0.6 is 0 Å². The van der Waals surface area contributed by atoms with E-state index in [1.54, 1.807) is 12.4 Å². The third-order valence-electron chi connectivity index (χ3n) is 2.22. The number of hydrogen-bond acceptors (Lipinski definition) is 2. The predicted octanol–water partition coefficient (Wildman–Crippen LogP) is 3.44. The number of nitrogens with zero attached hydrogens (tertiary/aromatic N) is 1. The average molecular weight is 199 g/mol. The van der Waals surface area contributed by atoms with E-state index in [1.165, 1.54) is 5.56 Å². The fourth-order valence-corrected chi connectivity index (χ4v) is 1.43. The second-order valence-corrected chi connectivity index (χ2v) is 3.25. The summed E-state index contributed by atoms with van der Waals surface area (Å²) in [6, 6.07) is 11.8. The molecular weight excluding hydrogens is 186 g/mol. The molecule has 2 heteroatoms. The largest absolute Gasteiger partial charge is 0.455 e. The molecular formula is C13H13NO. The highest BCUT2D eigenvalue weighted by Gasteiger charge is 2.01. The molecule has 0 atom stereocenters. The molecule has 2 nitrogen and oxygen atoms in total. The van der Waals surface area contributed by atoms with Crippen molar-refractivity contribution in [2.45, 2.75) is 13.3 Å². The van der Waals surface area contributed by atoms with Gasteiger partial charge in [0.15, 0.2) is 0 Å². The van der Waals surface area contributed by atoms with Gasteiger partial charge in [0.05, 0.1) is 6.20 Å². The summed E-state index contributed by atoms with van der Waals surface area (Å²) < 4.78 is 5.74. The van der Waals surface area contributed by atoms with Crippen LogP contribution in [-0.2, 0) is 6.42 Å². The zero-order valence-electron chi connectivity index (χ0n) is 8.68. The van der Waals surface area contributed by atoms with Gasteiger partial charge in [0.25, 0.3) is 0 Å². The van der Waals surface area contributed by atoms with Crippen molar-refractivity contribution in [3.8, 4) is 11.5 Å². The van der Waals surface area contributed by atoms with Gasteiger partial charge >= 0.3 is 0 Å². The van der Waals surface area contributed by atoms with E-state index in [1.807, 2.05) is 30.3 Å². The summed E-state index contributed by atoms with van der Waals surface area (Å²) in [6.07, 6.45) is 4.42. The average Bonchev–Trinajstić information content (AvgIpc) is 2.31. The molecule has 2 aromatic rings. The van der Waals surface area contributed by atoms with Crippen molar-refractivity contribution in [1.29, 1.82) is 0 Å². The molecule has 0 aliphatic heterocycles. The molecule has 0 spiro atoms. The third kappa shape index (κ3) is 2.34. The van der Waals surface area contributed by atoms with Gasteiger partial charge in [0, 0.05) is 6.20 Å². The topological polar surface area (TPSA) is 22.1 Å². The van der Waals surface area contributed by atoms with Crippen LogP contribution in [0.25, 0.3) is 0 Å². The van der Waals surface area contributed by atoms with E-state index < -0.39 is 0 Å². The Hall–Kier alpha value is -1.83. The summed E-state index contributed by atoms with van der Waals surface area (Å²) >= 11 is 0. The highest BCUT2D eigenvalue weighted by atomic mass is 16.5. The van der Waals surface area contributed by atoms with E-state index in [0.29, 0.717) is 0 Å². The molecule has 0 radical (unpaired) electrons. The zero-order valence-corrected chi connectivity index (χ0v) is 8.68. The van der Waals surface area contributed by atoms with Gasteiger partial charge < -0.3 is 4.74 Å². The normalized spacial score (nSPS) is 9.93. The number of pyridine rings is 1. The van der Waals surface area contributed by atoms with Crippen molar-refractivity contribution in [2.75, 3.05) is 0 Å². The molecule has 0 amide bonds. The second-order valence-electron chi connectivity index (χ2n) is 3.25. The van der Waals surface area contributed by atoms with E-state index in [4.69, 9.17) is 4.74 Å². The van der Waals surface area contributed by atoms with Gasteiger partial charge in [-0.25, -0.2) is 0 Å². The summed E-state index contributed by atoms with van der Waals surface area (Å²) in [5.41, 5.74) is 1.21. The highest BCUT2D eigenvalue weighted by Crippen LogP contribution is 2.24. The third-order valence-corrected chi connectivity index (χ3v) is 2.22. The number of ether oxygens (including phenoxy) is 1. The number of benzene rings is 1. The van der Waals surface area contributed by atoms with Crippen LogP contribution in [0.15, 0.2) is 48.8 Å². The van der Waals surface area contributed by atoms with Crippen molar-refractivity contribution in [1.82, 2.24) is 4.98 Å². The lowest BCUT2D eigenvalue weighted by Crippen LogP contribution is -1.89. The Kier molecular flexibility index (Phi) is 2.98. The molecule has 1 aromatic carbocycles. The Bertz CT molecular complexity index is 426. The Morgan fingerprint density at radius 3 is 2.73 bits per heavy atom. The van der Waals surface area contributed by atoms with Crippen LogP contribution in [0, 0.1) is 0 Å². The molecule has 0 N–H and O–H groups in total. The van der Waals surface area contributed by atoms with Crippen molar-refractivity contribution >= 4 is 0 Å². The number of hydrogen-bond donors (Lipinski definition) is 0. The van der Waals surface area contributed by atoms with E-state index in [9.17, 15) is 0 Å². The predicted molar refractivity (Wildman–Crippen MR) is 60.1 cm³/mol. The lowest BCUT2D eigenvalue weighted by Gasteiger charge is -2.08. The second kappa shape index (κ2) is 4.60. The van der Waals surface area contributed by atoms with Gasteiger partial charge in [-0.2, -0.15) is 0 Å². The van der Waals surface area contributed by atoms with E-state index in [-0.39, 0.29) is 0 Å². The van der Waals surface area contributed by atoms with Crippen molar-refractivity contribution in [2.24, 2.45) is 0 Å². The lowest BCUT2D eigenvalue weighted by atomic mass is 10.1. The maximum Gasteiger partial charge on any atom is 0.145 e. The maximum atomic E-state index is 5.74. The lowest BCUT2D eigenvalue weighted by molar-refractivity contribution is 0.474. The van der Waals surface area contributed by atoms with Crippen molar-refractivity contribution < 1.29 is 4.74 Å². The molecule has 0 bridgehead atoms. The van der Waals surface area contributed by atoms with Gasteiger partial charge in [-0.3, -0.25) is 4.98 Å². The maximum absolute atomic E-state index is 5.74. The minimum Gasteiger partial charge on any atom is -0.455 e. The molecule has 1 aromatic heterocycles. The van der Waals surface area contributed by atoms with Gasteiger partial charge in [-0.1, -0.05) is 25.1 Å². The number of aryl methyl sites for hydroxylation is 1. The first kappa shape index (κ1) is 9.71. The quantitative estimate of drug-likeness (QED) is 0.755. The van der Waals surface area contributed by atoms with Crippen LogP contribution in [0.4, 0.5) is 0 Å². The molecule has 0 saturated carbocycles. The van der Waals surface area contributed by atoms with Crippen LogP contribution < -0.4 is 4.74 Å². The highest BCUT2D eigenvalue weighted by molar-refractivity contribution is 5.36. The van der Waals surface area contributed by atoms with Crippen LogP contribution in [0.3, 0.4) is 0 Å². The fourth-order valence-electron chi connectivity index (χ4n) is 1.43. The summed E-state index contributed by atoms with van der Waals surface area (Å²) in [5.74, 6) is 1.69. The molecule has 0 aliphatic rings. The summed E-state index contributed by atoms with van der Waals surface area (Å²) in [5, 5.41) is 0. The first-order chi connectivity index (χ1) is 7.40. The first-order valence-electron chi connectivity index (χ1n) is 5.06. The summed E-state index contributed by atoms with van der Waals surface area (Å²) in [6.45, 7) is 2.12. The summed E-state index contributed by atoms with van der Waals surface area (Å²) in [7, 11) is 0. The molecule has 0 aliphatic carbocycles. The Morgan fingerprint density at radius 2 is 2.00 bits per heavy atom. The molecule has 2 rings (SSSR count). The molecule has 0 unspecified atom stereocenters. The van der Waals surface area contributed by atoms with E-state index in [2.05, 4.69) is 18.0 Å². The van der Waals surface area contributed by atoms with Gasteiger partial charge in [-0.05, 0) is 30.2 Å². The van der Waals surface area contributed by atoms with Crippen molar-refractivity contribution in [3.05, 3.63) is 54.4 Å². The van der Waals surface area contributed by atoms with E-state index >= 15 is 0 Å². The minimum atomic E-state index is 0.776. The first-order valence-corrected chi connectivity index (χ1v) is 5.06. The molecule has 0 fully saturated rings. The summed E-state index contributed by atoms with van der Waals surface area (Å²) in [4.78, 5) is 4.01. The van der Waals surface area contributed by atoms with Gasteiger partial charge in [-0.15, -0.1) is 0 Å². The molecule has 76 valence electrons. The van der Waals surface area contributed by atoms with Gasteiger partial charge in [0.1, 0.15) is 11.5 Å². The standard InChI is InChI=1S/C13H13NO/c1-2-11-6-3-4-8-13(11)15-12-7-5-9-14-10-12/h3-10H,2H2,1H3. The minimum absolute atomic E-state index is 0.776. The van der Waals surface area contributed by atoms with Crippen LogP contribution in [-0.4, -0.2) is 4.98 Å². The van der Waals surface area contributed by atoms with E-state index in [0.717, 1.165) is 17.9 Å². The smallest absolute Gasteiger partial charge is 0.145 e. The monoisotopic (exact) mass is 199 g/mol. The molecule has 1 heterocycles. The fraction of sp³-hybridized carbons (Fsp3) is 0.154. The Morgan fingerprint density at radius 1 is 1.13 bits per heavy atom. The van der Waals surface area contributed by atoms with Crippen LogP contribution in [0.5, 0.6) is 11.5 Å². The zero-order chi connectivity index (χ0) is 10.5. The Balaban J connectivity index is 2.24. The number of para-hydroxylation sites is 1. The SMILES string of the molecule is CCc1ccccc1Oc1cccnc1.